The predicted molar refractivity (Wildman–Crippen MR) is 92.9 cm³/mol. The Morgan fingerprint density at radius 3 is 2.71 bits per heavy atom. The lowest BCUT2D eigenvalue weighted by Crippen LogP contribution is -2.16. The fourth-order valence-electron chi connectivity index (χ4n) is 2.64. The van der Waals surface area contributed by atoms with Crippen molar-refractivity contribution in [3.8, 4) is 0 Å². The van der Waals surface area contributed by atoms with Gasteiger partial charge in [0.15, 0.2) is 5.69 Å². The minimum Gasteiger partial charge on any atom is -0.323 e. The van der Waals surface area contributed by atoms with Crippen LogP contribution in [-0.4, -0.2) is 25.5 Å². The quantitative estimate of drug-likeness (QED) is 0.649. The SMILES string of the molecule is Cc1cc(C(F)(F)F)nn1CCC(=O)Nc1cnn(Cc2cccc(F)c2)c1. The molecule has 2 aromatic heterocycles. The van der Waals surface area contributed by atoms with E-state index in [1.54, 1.807) is 18.3 Å². The topological polar surface area (TPSA) is 64.7 Å². The first-order valence-corrected chi connectivity index (χ1v) is 8.39. The number of nitrogens with zero attached hydrogens (tertiary/aromatic N) is 4. The van der Waals surface area contributed by atoms with Crippen LogP contribution in [0.25, 0.3) is 0 Å². The molecule has 0 radical (unpaired) electrons. The first-order valence-electron chi connectivity index (χ1n) is 8.39. The van der Waals surface area contributed by atoms with Crippen LogP contribution in [0.15, 0.2) is 42.7 Å². The molecule has 1 aromatic carbocycles. The van der Waals surface area contributed by atoms with Gasteiger partial charge in [0.05, 0.1) is 18.4 Å². The third-order valence-electron chi connectivity index (χ3n) is 3.97. The van der Waals surface area contributed by atoms with Crippen molar-refractivity contribution in [2.45, 2.75) is 32.6 Å². The molecule has 1 amide bonds. The maximum absolute atomic E-state index is 13.2. The van der Waals surface area contributed by atoms with Gasteiger partial charge in [0, 0.05) is 24.9 Å². The van der Waals surface area contributed by atoms with Gasteiger partial charge in [0.2, 0.25) is 5.91 Å². The van der Waals surface area contributed by atoms with Crippen molar-refractivity contribution < 1.29 is 22.4 Å². The molecule has 1 N–H and O–H groups in total. The number of carbonyl (C=O) groups is 1. The molecule has 3 aromatic rings. The third-order valence-corrected chi connectivity index (χ3v) is 3.97. The smallest absolute Gasteiger partial charge is 0.323 e. The van der Waals surface area contributed by atoms with Gasteiger partial charge >= 0.3 is 6.18 Å². The summed E-state index contributed by atoms with van der Waals surface area (Å²) in [4.78, 5) is 12.1. The Kier molecular flexibility index (Phi) is 5.48. The Morgan fingerprint density at radius 1 is 1.25 bits per heavy atom. The molecule has 3 rings (SSSR count). The van der Waals surface area contributed by atoms with Crippen LogP contribution in [-0.2, 0) is 24.1 Å². The summed E-state index contributed by atoms with van der Waals surface area (Å²) in [6, 6.07) is 7.02. The molecule has 10 heteroatoms. The predicted octanol–water partition coefficient (Wildman–Crippen LogP) is 3.62. The van der Waals surface area contributed by atoms with E-state index in [9.17, 15) is 22.4 Å². The number of carbonyl (C=O) groups excluding carboxylic acids is 1. The normalized spacial score (nSPS) is 11.6. The number of alkyl halides is 3. The second-order valence-corrected chi connectivity index (χ2v) is 6.25. The highest BCUT2D eigenvalue weighted by Gasteiger charge is 2.34. The lowest BCUT2D eigenvalue weighted by Gasteiger charge is -2.05. The van der Waals surface area contributed by atoms with Crippen LogP contribution >= 0.6 is 0 Å². The average molecular weight is 395 g/mol. The van der Waals surface area contributed by atoms with Gasteiger partial charge < -0.3 is 5.32 Å². The zero-order valence-electron chi connectivity index (χ0n) is 14.9. The number of amides is 1. The van der Waals surface area contributed by atoms with E-state index >= 15 is 0 Å². The molecule has 148 valence electrons. The van der Waals surface area contributed by atoms with Crippen molar-refractivity contribution in [2.75, 3.05) is 5.32 Å². The van der Waals surface area contributed by atoms with Gasteiger partial charge in [-0.05, 0) is 30.7 Å². The molecule has 0 unspecified atom stereocenters. The fraction of sp³-hybridized carbons (Fsp3) is 0.278. The molecule has 0 aliphatic rings. The molecule has 0 saturated heterocycles. The van der Waals surface area contributed by atoms with Crippen LogP contribution in [0.4, 0.5) is 23.2 Å². The van der Waals surface area contributed by atoms with Crippen molar-refractivity contribution in [1.29, 1.82) is 0 Å². The zero-order chi connectivity index (χ0) is 20.3. The van der Waals surface area contributed by atoms with Crippen LogP contribution in [0, 0.1) is 12.7 Å². The van der Waals surface area contributed by atoms with Gasteiger partial charge in [0.25, 0.3) is 0 Å². The van der Waals surface area contributed by atoms with E-state index in [0.29, 0.717) is 17.9 Å². The molecule has 0 aliphatic heterocycles. The van der Waals surface area contributed by atoms with E-state index in [1.165, 1.54) is 29.9 Å². The largest absolute Gasteiger partial charge is 0.435 e. The summed E-state index contributed by atoms with van der Waals surface area (Å²) in [7, 11) is 0. The summed E-state index contributed by atoms with van der Waals surface area (Å²) in [6.45, 7) is 1.85. The molecule has 0 saturated carbocycles. The molecule has 0 bridgehead atoms. The van der Waals surface area contributed by atoms with Crippen molar-refractivity contribution >= 4 is 11.6 Å². The number of halogens is 4. The molecular formula is C18H17F4N5O. The zero-order valence-corrected chi connectivity index (χ0v) is 14.9. The minimum atomic E-state index is -4.52. The van der Waals surface area contributed by atoms with Crippen molar-refractivity contribution in [3.05, 3.63) is 65.5 Å². The number of anilines is 1. The van der Waals surface area contributed by atoms with Gasteiger partial charge in [-0.1, -0.05) is 12.1 Å². The van der Waals surface area contributed by atoms with E-state index < -0.39 is 11.9 Å². The van der Waals surface area contributed by atoms with Crippen LogP contribution in [0.1, 0.15) is 23.4 Å². The second kappa shape index (κ2) is 7.83. The summed E-state index contributed by atoms with van der Waals surface area (Å²) >= 11 is 0. The van der Waals surface area contributed by atoms with Crippen LogP contribution in [0.2, 0.25) is 0 Å². The highest BCUT2D eigenvalue weighted by Crippen LogP contribution is 2.28. The van der Waals surface area contributed by atoms with Gasteiger partial charge in [-0.15, -0.1) is 0 Å². The van der Waals surface area contributed by atoms with Crippen molar-refractivity contribution in [2.24, 2.45) is 0 Å². The number of aromatic nitrogens is 4. The summed E-state index contributed by atoms with van der Waals surface area (Å²) in [5.74, 6) is -0.727. The summed E-state index contributed by atoms with van der Waals surface area (Å²) in [5.41, 5.74) is 0.497. The first-order chi connectivity index (χ1) is 13.2. The van der Waals surface area contributed by atoms with Crippen LogP contribution in [0.3, 0.4) is 0 Å². The van der Waals surface area contributed by atoms with Gasteiger partial charge in [-0.25, -0.2) is 4.39 Å². The highest BCUT2D eigenvalue weighted by atomic mass is 19.4. The standard InChI is InChI=1S/C18H17F4N5O/c1-12-7-16(18(20,21)22)25-27(12)6-5-17(28)24-15-9-23-26(11-15)10-13-3-2-4-14(19)8-13/h2-4,7-9,11H,5-6,10H2,1H3,(H,24,28). The van der Waals surface area contributed by atoms with Crippen LogP contribution < -0.4 is 5.32 Å². The maximum Gasteiger partial charge on any atom is 0.435 e. The first kappa shape index (κ1) is 19.6. The Bertz CT molecular complexity index is 977. The highest BCUT2D eigenvalue weighted by molar-refractivity contribution is 5.90. The molecule has 6 nitrogen and oxygen atoms in total. The number of rotatable bonds is 6. The van der Waals surface area contributed by atoms with Gasteiger partial charge in [-0.2, -0.15) is 23.4 Å². The number of hydrogen-bond donors (Lipinski definition) is 1. The van der Waals surface area contributed by atoms with Crippen molar-refractivity contribution in [3.63, 3.8) is 0 Å². The number of benzene rings is 1. The molecular weight excluding hydrogens is 378 g/mol. The Labute approximate surface area is 157 Å². The number of aryl methyl sites for hydroxylation is 2. The van der Waals surface area contributed by atoms with E-state index in [0.717, 1.165) is 16.3 Å². The Morgan fingerprint density at radius 2 is 2.04 bits per heavy atom. The molecule has 2 heterocycles. The van der Waals surface area contributed by atoms with Gasteiger partial charge in [-0.3, -0.25) is 14.2 Å². The lowest BCUT2D eigenvalue weighted by atomic mass is 10.2. The maximum atomic E-state index is 13.2. The van der Waals surface area contributed by atoms with Crippen molar-refractivity contribution in [1.82, 2.24) is 19.6 Å². The minimum absolute atomic E-state index is 0.0190. The average Bonchev–Trinajstić information content (AvgIpc) is 3.19. The lowest BCUT2D eigenvalue weighted by molar-refractivity contribution is -0.141. The second-order valence-electron chi connectivity index (χ2n) is 6.25. The molecule has 28 heavy (non-hydrogen) atoms. The number of hydrogen-bond acceptors (Lipinski definition) is 3. The summed E-state index contributed by atoms with van der Waals surface area (Å²) < 4.78 is 53.9. The third kappa shape index (κ3) is 4.96. The molecule has 0 spiro atoms. The Balaban J connectivity index is 1.54. The molecule has 0 aliphatic carbocycles. The Hall–Kier alpha value is -3.17. The molecule has 0 atom stereocenters. The summed E-state index contributed by atoms with van der Waals surface area (Å²) in [5, 5.41) is 10.2. The monoisotopic (exact) mass is 395 g/mol. The molecule has 0 fully saturated rings. The van der Waals surface area contributed by atoms with Gasteiger partial charge in [0.1, 0.15) is 5.82 Å². The van der Waals surface area contributed by atoms with E-state index in [1.807, 2.05) is 0 Å². The summed E-state index contributed by atoms with van der Waals surface area (Å²) in [6.07, 6.45) is -1.54. The van der Waals surface area contributed by atoms with E-state index in [-0.39, 0.29) is 24.7 Å². The van der Waals surface area contributed by atoms with E-state index in [4.69, 9.17) is 0 Å². The van der Waals surface area contributed by atoms with E-state index in [2.05, 4.69) is 15.5 Å². The fourth-order valence-corrected chi connectivity index (χ4v) is 2.64. The van der Waals surface area contributed by atoms with Crippen LogP contribution in [0.5, 0.6) is 0 Å². The number of nitrogens with one attached hydrogen (secondary N) is 1.